The molecule has 1 rings (SSSR count). The van der Waals surface area contributed by atoms with Crippen molar-refractivity contribution in [3.8, 4) is 0 Å². The molecule has 9 heteroatoms. The van der Waals surface area contributed by atoms with Crippen molar-refractivity contribution in [2.24, 2.45) is 0 Å². The second-order valence-corrected chi connectivity index (χ2v) is 5.81. The first-order valence-corrected chi connectivity index (χ1v) is 6.55. The predicted octanol–water partition coefficient (Wildman–Crippen LogP) is -0.500. The van der Waals surface area contributed by atoms with Crippen LogP contribution in [0, 0.1) is 0 Å². The summed E-state index contributed by atoms with van der Waals surface area (Å²) in [6.45, 7) is 1.23. The Bertz CT molecular complexity index is 479. The van der Waals surface area contributed by atoms with Gasteiger partial charge in [0.1, 0.15) is 0 Å². The number of aliphatic hydroxyl groups excluding tert-OH is 1. The Kier molecular flexibility index (Phi) is 3.97. The number of rotatable bonds is 5. The fraction of sp³-hybridized carbons (Fsp3) is 0.429. The van der Waals surface area contributed by atoms with Gasteiger partial charge in [-0.25, -0.2) is 22.9 Å². The number of thiazole rings is 1. The van der Waals surface area contributed by atoms with Crippen molar-refractivity contribution in [1.29, 1.82) is 0 Å². The van der Waals surface area contributed by atoms with E-state index in [2.05, 4.69) is 9.71 Å². The maximum Gasteiger partial charge on any atom is 0.356 e. The van der Waals surface area contributed by atoms with E-state index >= 15 is 0 Å². The van der Waals surface area contributed by atoms with E-state index in [9.17, 15) is 13.2 Å². The van der Waals surface area contributed by atoms with E-state index < -0.39 is 27.8 Å². The topological polar surface area (TPSA) is 117 Å². The SMILES string of the molecule is CC(O)CNS(=O)(=O)c1scnc1C(=O)O. The molecule has 1 unspecified atom stereocenters. The van der Waals surface area contributed by atoms with Crippen LogP contribution in [-0.4, -0.2) is 42.2 Å². The van der Waals surface area contributed by atoms with Crippen LogP contribution in [0.15, 0.2) is 9.72 Å². The van der Waals surface area contributed by atoms with Gasteiger partial charge in [-0.15, -0.1) is 11.3 Å². The van der Waals surface area contributed by atoms with Gasteiger partial charge in [0, 0.05) is 6.54 Å². The minimum atomic E-state index is -3.92. The summed E-state index contributed by atoms with van der Waals surface area (Å²) in [6, 6.07) is 0. The maximum atomic E-state index is 11.6. The van der Waals surface area contributed by atoms with Crippen molar-refractivity contribution < 1.29 is 23.4 Å². The molecule has 0 aliphatic rings. The van der Waals surface area contributed by atoms with Crippen LogP contribution in [0.1, 0.15) is 17.4 Å². The quantitative estimate of drug-likeness (QED) is 0.661. The zero-order valence-electron chi connectivity index (χ0n) is 8.24. The normalized spacial score (nSPS) is 13.6. The molecule has 7 nitrogen and oxygen atoms in total. The van der Waals surface area contributed by atoms with E-state index in [4.69, 9.17) is 10.2 Å². The van der Waals surface area contributed by atoms with Crippen molar-refractivity contribution in [2.75, 3.05) is 6.54 Å². The highest BCUT2D eigenvalue weighted by molar-refractivity contribution is 7.91. The molecule has 1 heterocycles. The first-order valence-electron chi connectivity index (χ1n) is 4.19. The first kappa shape index (κ1) is 13.0. The van der Waals surface area contributed by atoms with Crippen LogP contribution < -0.4 is 4.72 Å². The molecule has 0 saturated carbocycles. The number of hydrogen-bond acceptors (Lipinski definition) is 6. The molecule has 16 heavy (non-hydrogen) atoms. The highest BCUT2D eigenvalue weighted by atomic mass is 32.2. The van der Waals surface area contributed by atoms with Crippen LogP contribution in [0.25, 0.3) is 0 Å². The second kappa shape index (κ2) is 4.87. The number of hydrogen-bond donors (Lipinski definition) is 3. The maximum absolute atomic E-state index is 11.6. The average molecular weight is 266 g/mol. The standard InChI is InChI=1S/C7H10N2O5S2/c1-4(10)2-9-16(13,14)7-5(6(11)12)8-3-15-7/h3-4,9-10H,2H2,1H3,(H,11,12). The van der Waals surface area contributed by atoms with E-state index in [-0.39, 0.29) is 10.8 Å². The lowest BCUT2D eigenvalue weighted by Gasteiger charge is -2.06. The number of carboxylic acid groups (broad SMARTS) is 1. The summed E-state index contributed by atoms with van der Waals surface area (Å²) in [4.78, 5) is 14.1. The Morgan fingerprint density at radius 3 is 2.81 bits per heavy atom. The number of aliphatic hydroxyl groups is 1. The van der Waals surface area contributed by atoms with Gasteiger partial charge in [0.05, 0.1) is 11.6 Å². The van der Waals surface area contributed by atoms with Crippen molar-refractivity contribution in [3.05, 3.63) is 11.2 Å². The Morgan fingerprint density at radius 1 is 1.69 bits per heavy atom. The summed E-state index contributed by atoms with van der Waals surface area (Å²) in [6.07, 6.45) is -0.851. The molecular formula is C7H10N2O5S2. The number of aromatic nitrogens is 1. The van der Waals surface area contributed by atoms with Gasteiger partial charge in [-0.05, 0) is 6.92 Å². The summed E-state index contributed by atoms with van der Waals surface area (Å²) in [5.74, 6) is -1.40. The minimum Gasteiger partial charge on any atom is -0.476 e. The van der Waals surface area contributed by atoms with E-state index in [0.29, 0.717) is 11.3 Å². The monoisotopic (exact) mass is 266 g/mol. The first-order chi connectivity index (χ1) is 7.34. The van der Waals surface area contributed by atoms with Gasteiger partial charge in [-0.1, -0.05) is 0 Å². The number of carbonyl (C=O) groups is 1. The van der Waals surface area contributed by atoms with Gasteiger partial charge in [0.15, 0.2) is 9.90 Å². The van der Waals surface area contributed by atoms with E-state index in [1.807, 2.05) is 0 Å². The molecule has 0 spiro atoms. The molecule has 0 amide bonds. The number of nitrogens with zero attached hydrogens (tertiary/aromatic N) is 1. The molecular weight excluding hydrogens is 256 g/mol. The number of sulfonamides is 1. The van der Waals surface area contributed by atoms with Gasteiger partial charge in [0.25, 0.3) is 10.0 Å². The molecule has 0 saturated heterocycles. The summed E-state index contributed by atoms with van der Waals surface area (Å²) >= 11 is 0.712. The molecule has 1 atom stereocenters. The lowest BCUT2D eigenvalue weighted by atomic mass is 10.4. The van der Waals surface area contributed by atoms with Crippen molar-refractivity contribution in [1.82, 2.24) is 9.71 Å². The van der Waals surface area contributed by atoms with Crippen molar-refractivity contribution in [2.45, 2.75) is 17.2 Å². The van der Waals surface area contributed by atoms with Gasteiger partial charge >= 0.3 is 5.97 Å². The highest BCUT2D eigenvalue weighted by Gasteiger charge is 2.25. The third-order valence-electron chi connectivity index (χ3n) is 1.55. The van der Waals surface area contributed by atoms with Gasteiger partial charge in [-0.3, -0.25) is 0 Å². The van der Waals surface area contributed by atoms with E-state index in [1.54, 1.807) is 0 Å². The lowest BCUT2D eigenvalue weighted by Crippen LogP contribution is -2.31. The van der Waals surface area contributed by atoms with Crippen LogP contribution in [0.2, 0.25) is 0 Å². The number of aromatic carboxylic acids is 1. The fourth-order valence-corrected chi connectivity index (χ4v) is 3.17. The van der Waals surface area contributed by atoms with E-state index in [1.165, 1.54) is 6.92 Å². The Balaban J connectivity index is 2.99. The Hall–Kier alpha value is -1.03. The van der Waals surface area contributed by atoms with Gasteiger partial charge in [0.2, 0.25) is 0 Å². The highest BCUT2D eigenvalue weighted by Crippen LogP contribution is 2.19. The van der Waals surface area contributed by atoms with Crippen LogP contribution in [0.3, 0.4) is 0 Å². The molecule has 3 N–H and O–H groups in total. The second-order valence-electron chi connectivity index (χ2n) is 2.99. The Labute approximate surface area is 95.8 Å². The molecule has 0 aromatic carbocycles. The molecule has 0 radical (unpaired) electrons. The molecule has 1 aromatic rings. The number of carboxylic acids is 1. The van der Waals surface area contributed by atoms with Gasteiger partial charge < -0.3 is 10.2 Å². The van der Waals surface area contributed by atoms with Crippen molar-refractivity contribution >= 4 is 27.3 Å². The molecule has 0 aliphatic heterocycles. The molecule has 1 aromatic heterocycles. The number of nitrogens with one attached hydrogen (secondary N) is 1. The van der Waals surface area contributed by atoms with Crippen molar-refractivity contribution in [3.63, 3.8) is 0 Å². The molecule has 0 bridgehead atoms. The fourth-order valence-electron chi connectivity index (χ4n) is 0.864. The summed E-state index contributed by atoms with van der Waals surface area (Å²) in [7, 11) is -3.92. The van der Waals surface area contributed by atoms with Gasteiger partial charge in [-0.2, -0.15) is 0 Å². The zero-order valence-corrected chi connectivity index (χ0v) is 9.88. The molecule has 0 aliphatic carbocycles. The van der Waals surface area contributed by atoms with Crippen LogP contribution in [0.4, 0.5) is 0 Å². The Morgan fingerprint density at radius 2 is 2.31 bits per heavy atom. The smallest absolute Gasteiger partial charge is 0.356 e. The largest absolute Gasteiger partial charge is 0.476 e. The van der Waals surface area contributed by atoms with Crippen LogP contribution >= 0.6 is 11.3 Å². The van der Waals surface area contributed by atoms with E-state index in [0.717, 1.165) is 5.51 Å². The predicted molar refractivity (Wildman–Crippen MR) is 55.9 cm³/mol. The average Bonchev–Trinajstić information content (AvgIpc) is 2.63. The molecule has 0 fully saturated rings. The molecule has 90 valence electrons. The summed E-state index contributed by atoms with van der Waals surface area (Å²) in [5, 5.41) is 17.6. The third kappa shape index (κ3) is 2.98. The minimum absolute atomic E-state index is 0.181. The lowest BCUT2D eigenvalue weighted by molar-refractivity contribution is 0.0687. The zero-order chi connectivity index (χ0) is 12.3. The summed E-state index contributed by atoms with van der Waals surface area (Å²) in [5.41, 5.74) is 0.628. The third-order valence-corrected chi connectivity index (χ3v) is 4.34. The summed E-state index contributed by atoms with van der Waals surface area (Å²) < 4.78 is 24.9. The van der Waals surface area contributed by atoms with Crippen LogP contribution in [-0.2, 0) is 10.0 Å². The van der Waals surface area contributed by atoms with Crippen LogP contribution in [0.5, 0.6) is 0 Å².